The van der Waals surface area contributed by atoms with Crippen LogP contribution in [0.3, 0.4) is 0 Å². The van der Waals surface area contributed by atoms with E-state index >= 15 is 0 Å². The third kappa shape index (κ3) is 3.83. The lowest BCUT2D eigenvalue weighted by molar-refractivity contribution is -0.144. The Morgan fingerprint density at radius 1 is 0.917 bits per heavy atom. The molecule has 0 saturated heterocycles. The molecule has 0 saturated carbocycles. The smallest absolute Gasteiger partial charge is 0.307 e. The van der Waals surface area contributed by atoms with Gasteiger partial charge in [0.2, 0.25) is 0 Å². The first-order valence-electron chi connectivity index (χ1n) is 8.14. The van der Waals surface area contributed by atoms with Crippen molar-refractivity contribution in [2.24, 2.45) is 5.41 Å². The first kappa shape index (κ1) is 17.7. The molecule has 0 aromatic heterocycles. The van der Waals surface area contributed by atoms with Crippen molar-refractivity contribution < 1.29 is 9.53 Å². The van der Waals surface area contributed by atoms with Gasteiger partial charge in [-0.3, -0.25) is 4.79 Å². The van der Waals surface area contributed by atoms with E-state index in [-0.39, 0.29) is 12.4 Å². The van der Waals surface area contributed by atoms with Gasteiger partial charge in [-0.1, -0.05) is 80.7 Å². The van der Waals surface area contributed by atoms with Crippen LogP contribution >= 0.6 is 0 Å². The number of hydrogen-bond acceptors (Lipinski definition) is 2. The maximum Gasteiger partial charge on any atom is 0.307 e. The van der Waals surface area contributed by atoms with Gasteiger partial charge < -0.3 is 4.74 Å². The van der Waals surface area contributed by atoms with Crippen LogP contribution in [0, 0.1) is 5.41 Å². The van der Waals surface area contributed by atoms with Gasteiger partial charge in [-0.15, -0.1) is 0 Å². The van der Waals surface area contributed by atoms with Gasteiger partial charge in [0, 0.05) is 5.41 Å². The Kier molecular flexibility index (Phi) is 5.75. The molecule has 0 aliphatic rings. The summed E-state index contributed by atoms with van der Waals surface area (Å²) < 4.78 is 5.19. The van der Waals surface area contributed by atoms with Crippen molar-refractivity contribution in [3.05, 3.63) is 84.9 Å². The van der Waals surface area contributed by atoms with Crippen LogP contribution in [0.5, 0.6) is 0 Å². The summed E-state index contributed by atoms with van der Waals surface area (Å²) in [6, 6.07) is 19.8. The van der Waals surface area contributed by atoms with E-state index in [0.717, 1.165) is 22.3 Å². The molecule has 2 heteroatoms. The molecule has 0 aliphatic carbocycles. The third-order valence-electron chi connectivity index (χ3n) is 4.38. The summed E-state index contributed by atoms with van der Waals surface area (Å²) in [6.45, 7) is 12.8. The van der Waals surface area contributed by atoms with Crippen LogP contribution in [0.25, 0.3) is 11.1 Å². The summed E-state index contributed by atoms with van der Waals surface area (Å²) in [4.78, 5) is 12.2. The second-order valence-corrected chi connectivity index (χ2v) is 6.00. The lowest BCUT2D eigenvalue weighted by Gasteiger charge is -2.34. The van der Waals surface area contributed by atoms with Crippen molar-refractivity contribution in [1.29, 1.82) is 0 Å². The topological polar surface area (TPSA) is 26.3 Å². The summed E-state index contributed by atoms with van der Waals surface area (Å²) >= 11 is 0. The van der Waals surface area contributed by atoms with Gasteiger partial charge in [-0.05, 0) is 29.2 Å². The fraction of sp³-hybridized carbons (Fsp3) is 0.227. The largest absolute Gasteiger partial charge is 0.466 e. The first-order chi connectivity index (χ1) is 11.5. The maximum absolute atomic E-state index is 12.2. The average molecular weight is 320 g/mol. The van der Waals surface area contributed by atoms with Crippen LogP contribution in [-0.4, -0.2) is 12.6 Å². The fourth-order valence-electron chi connectivity index (χ4n) is 2.81. The predicted octanol–water partition coefficient (Wildman–Crippen LogP) is 5.37. The molecule has 0 amide bonds. The van der Waals surface area contributed by atoms with Gasteiger partial charge in [-0.25, -0.2) is 0 Å². The van der Waals surface area contributed by atoms with Gasteiger partial charge >= 0.3 is 5.97 Å². The lowest BCUT2D eigenvalue weighted by atomic mass is 9.69. The number of rotatable bonds is 7. The normalized spacial score (nSPS) is 10.9. The molecule has 124 valence electrons. The molecule has 0 bridgehead atoms. The molecule has 0 heterocycles. The Balaban J connectivity index is 2.43. The van der Waals surface area contributed by atoms with E-state index in [1.165, 1.54) is 0 Å². The van der Waals surface area contributed by atoms with Gasteiger partial charge in [-0.2, -0.15) is 0 Å². The van der Waals surface area contributed by atoms with Crippen LogP contribution in [0.1, 0.15) is 31.4 Å². The average Bonchev–Trinajstić information content (AvgIpc) is 2.62. The Morgan fingerprint density at radius 3 is 1.71 bits per heavy atom. The van der Waals surface area contributed by atoms with Crippen molar-refractivity contribution in [3.8, 4) is 0 Å². The van der Waals surface area contributed by atoms with Crippen molar-refractivity contribution in [2.75, 3.05) is 6.61 Å². The molecule has 2 nitrogen and oxygen atoms in total. The van der Waals surface area contributed by atoms with Crippen LogP contribution < -0.4 is 0 Å². The number of hydrogen-bond donors (Lipinski definition) is 0. The molecule has 0 spiro atoms. The zero-order valence-corrected chi connectivity index (χ0v) is 14.4. The molecule has 24 heavy (non-hydrogen) atoms. The highest BCUT2D eigenvalue weighted by Gasteiger charge is 2.35. The molecular weight excluding hydrogens is 296 g/mol. The second-order valence-electron chi connectivity index (χ2n) is 6.00. The molecule has 0 radical (unpaired) electrons. The van der Waals surface area contributed by atoms with E-state index in [4.69, 9.17) is 4.74 Å². The molecule has 0 aliphatic heterocycles. The van der Waals surface area contributed by atoms with E-state index < -0.39 is 5.41 Å². The first-order valence-corrected chi connectivity index (χ1v) is 8.14. The van der Waals surface area contributed by atoms with Gasteiger partial charge in [0.05, 0.1) is 13.0 Å². The highest BCUT2D eigenvalue weighted by Crippen LogP contribution is 2.46. The SMILES string of the molecule is C=C(c1ccccc1)C(C)(CC(=O)OCC)C(=C)c1ccccc1. The van der Waals surface area contributed by atoms with Crippen LogP contribution in [0.15, 0.2) is 73.8 Å². The minimum atomic E-state index is -0.616. The molecule has 2 rings (SSSR count). The van der Waals surface area contributed by atoms with Crippen LogP contribution in [0.4, 0.5) is 0 Å². The Morgan fingerprint density at radius 2 is 1.33 bits per heavy atom. The number of carbonyl (C=O) groups excluding carboxylic acids is 1. The zero-order chi connectivity index (χ0) is 17.6. The highest BCUT2D eigenvalue weighted by atomic mass is 16.5. The monoisotopic (exact) mass is 320 g/mol. The molecule has 2 aromatic carbocycles. The Labute approximate surface area is 144 Å². The number of allylic oxidation sites excluding steroid dienone is 2. The third-order valence-corrected chi connectivity index (χ3v) is 4.38. The minimum Gasteiger partial charge on any atom is -0.466 e. The highest BCUT2D eigenvalue weighted by molar-refractivity contribution is 5.89. The molecular formula is C22H24O2. The van der Waals surface area contributed by atoms with Gasteiger partial charge in [0.15, 0.2) is 0 Å². The van der Waals surface area contributed by atoms with E-state index in [2.05, 4.69) is 13.2 Å². The van der Waals surface area contributed by atoms with Crippen LogP contribution in [0.2, 0.25) is 0 Å². The summed E-state index contributed by atoms with van der Waals surface area (Å²) in [7, 11) is 0. The van der Waals surface area contributed by atoms with E-state index in [9.17, 15) is 4.79 Å². The van der Waals surface area contributed by atoms with Crippen molar-refractivity contribution in [1.82, 2.24) is 0 Å². The molecule has 0 unspecified atom stereocenters. The van der Waals surface area contributed by atoms with E-state index in [1.54, 1.807) is 0 Å². The quantitative estimate of drug-likeness (QED) is 0.641. The molecule has 0 N–H and O–H groups in total. The van der Waals surface area contributed by atoms with Gasteiger partial charge in [0.1, 0.15) is 0 Å². The minimum absolute atomic E-state index is 0.211. The fourth-order valence-corrected chi connectivity index (χ4v) is 2.81. The summed E-state index contributed by atoms with van der Waals surface area (Å²) in [5.41, 5.74) is 3.12. The zero-order valence-electron chi connectivity index (χ0n) is 14.4. The Hall–Kier alpha value is -2.61. The molecule has 2 aromatic rings. The number of benzene rings is 2. The second kappa shape index (κ2) is 7.78. The summed E-state index contributed by atoms with van der Waals surface area (Å²) in [6.07, 6.45) is 0.211. The summed E-state index contributed by atoms with van der Waals surface area (Å²) in [5, 5.41) is 0. The van der Waals surface area contributed by atoms with Crippen LogP contribution in [-0.2, 0) is 9.53 Å². The van der Waals surface area contributed by atoms with Crippen molar-refractivity contribution in [2.45, 2.75) is 20.3 Å². The number of ether oxygens (including phenoxy) is 1. The van der Waals surface area contributed by atoms with Gasteiger partial charge in [0.25, 0.3) is 0 Å². The van der Waals surface area contributed by atoms with Crippen molar-refractivity contribution in [3.63, 3.8) is 0 Å². The summed E-state index contributed by atoms with van der Waals surface area (Å²) in [5.74, 6) is -0.242. The van der Waals surface area contributed by atoms with E-state index in [1.807, 2.05) is 74.5 Å². The maximum atomic E-state index is 12.2. The number of carbonyl (C=O) groups is 1. The number of esters is 1. The van der Waals surface area contributed by atoms with E-state index in [0.29, 0.717) is 6.61 Å². The predicted molar refractivity (Wildman–Crippen MR) is 100 cm³/mol. The Bertz CT molecular complexity index is 663. The standard InChI is InChI=1S/C22H24O2/c1-5-24-21(23)16-22(4,17(2)19-12-8-6-9-13-19)18(3)20-14-10-7-11-15-20/h6-15H,2-3,5,16H2,1,4H3. The van der Waals surface area contributed by atoms with Crippen molar-refractivity contribution >= 4 is 17.1 Å². The molecule has 0 atom stereocenters. The molecule has 0 fully saturated rings. The lowest BCUT2D eigenvalue weighted by Crippen LogP contribution is -2.25.